The Labute approximate surface area is 124 Å². The van der Waals surface area contributed by atoms with Gasteiger partial charge in [0.2, 0.25) is 0 Å². The van der Waals surface area contributed by atoms with E-state index < -0.39 is 0 Å². The van der Waals surface area contributed by atoms with Crippen molar-refractivity contribution in [2.75, 3.05) is 13.2 Å². The smallest absolute Gasteiger partial charge is 0.338 e. The number of quaternary nitrogens is 1. The van der Waals surface area contributed by atoms with E-state index in [0.29, 0.717) is 18.2 Å². The first-order chi connectivity index (χ1) is 10.3. The van der Waals surface area contributed by atoms with Crippen molar-refractivity contribution in [1.82, 2.24) is 4.57 Å². The van der Waals surface area contributed by atoms with Crippen molar-refractivity contribution in [3.8, 4) is 0 Å². The van der Waals surface area contributed by atoms with Gasteiger partial charge in [0, 0.05) is 17.3 Å². The number of hydrogen-bond acceptors (Lipinski definition) is 2. The minimum absolute atomic E-state index is 0.213. The van der Waals surface area contributed by atoms with Crippen LogP contribution in [-0.4, -0.2) is 23.7 Å². The van der Waals surface area contributed by atoms with Crippen molar-refractivity contribution in [1.29, 1.82) is 0 Å². The lowest BCUT2D eigenvalue weighted by molar-refractivity contribution is -0.704. The summed E-state index contributed by atoms with van der Waals surface area (Å²) in [5.74, 6) is -0.213. The van der Waals surface area contributed by atoms with E-state index >= 15 is 0 Å². The monoisotopic (exact) mass is 285 g/mol. The van der Waals surface area contributed by atoms with Gasteiger partial charge in [0.1, 0.15) is 6.04 Å². The van der Waals surface area contributed by atoms with Crippen molar-refractivity contribution < 1.29 is 14.8 Å². The number of aryl methyl sites for hydroxylation is 1. The molecule has 1 unspecified atom stereocenters. The zero-order valence-electron chi connectivity index (χ0n) is 12.4. The number of aromatic nitrogens is 1. The Morgan fingerprint density at radius 2 is 2.38 bits per heavy atom. The van der Waals surface area contributed by atoms with Crippen molar-refractivity contribution >= 4 is 16.9 Å². The second-order valence-corrected chi connectivity index (χ2v) is 5.99. The van der Waals surface area contributed by atoms with Crippen LogP contribution in [-0.2, 0) is 17.7 Å². The number of hydrogen-bond donors (Lipinski definition) is 1. The van der Waals surface area contributed by atoms with Crippen molar-refractivity contribution in [2.24, 2.45) is 0 Å². The third-order valence-electron chi connectivity index (χ3n) is 4.82. The molecule has 0 bridgehead atoms. The summed E-state index contributed by atoms with van der Waals surface area (Å²) in [6.07, 6.45) is 3.65. The molecule has 1 aliphatic carbocycles. The van der Waals surface area contributed by atoms with Crippen LogP contribution >= 0.6 is 0 Å². The minimum atomic E-state index is -0.213. The molecule has 21 heavy (non-hydrogen) atoms. The predicted octanol–water partition coefficient (Wildman–Crippen LogP) is 1.77. The zero-order chi connectivity index (χ0) is 14.4. The van der Waals surface area contributed by atoms with Gasteiger partial charge in [-0.05, 0) is 43.5 Å². The maximum Gasteiger partial charge on any atom is 0.338 e. The molecular formula is C17H21N2O2+. The van der Waals surface area contributed by atoms with E-state index in [1.807, 2.05) is 19.1 Å². The molecule has 0 fully saturated rings. The Kier molecular flexibility index (Phi) is 3.00. The molecule has 1 aromatic heterocycles. The first-order valence-corrected chi connectivity index (χ1v) is 7.95. The minimum Gasteiger partial charge on any atom is -0.462 e. The van der Waals surface area contributed by atoms with E-state index in [-0.39, 0.29) is 5.97 Å². The highest BCUT2D eigenvalue weighted by molar-refractivity contribution is 5.96. The summed E-state index contributed by atoms with van der Waals surface area (Å²) < 4.78 is 7.61. The van der Waals surface area contributed by atoms with Crippen LogP contribution in [0.3, 0.4) is 0 Å². The van der Waals surface area contributed by atoms with Crippen molar-refractivity contribution in [3.05, 3.63) is 35.0 Å². The van der Waals surface area contributed by atoms with E-state index in [2.05, 4.69) is 16.0 Å². The number of carbonyl (C=O) groups excluding carboxylic acids is 1. The Balaban J connectivity index is 1.90. The van der Waals surface area contributed by atoms with Crippen LogP contribution in [0, 0.1) is 0 Å². The fourth-order valence-corrected chi connectivity index (χ4v) is 3.98. The van der Waals surface area contributed by atoms with Gasteiger partial charge in [0.25, 0.3) is 0 Å². The molecule has 1 aliphatic heterocycles. The molecule has 4 heteroatoms. The molecule has 110 valence electrons. The number of carbonyl (C=O) groups is 1. The molecule has 0 saturated heterocycles. The quantitative estimate of drug-likeness (QED) is 0.855. The molecular weight excluding hydrogens is 264 g/mol. The van der Waals surface area contributed by atoms with Crippen LogP contribution in [0.25, 0.3) is 10.9 Å². The maximum absolute atomic E-state index is 12.0. The molecule has 0 saturated carbocycles. The van der Waals surface area contributed by atoms with Crippen molar-refractivity contribution in [3.63, 3.8) is 0 Å². The number of rotatable bonds is 2. The fraction of sp³-hybridized carbons (Fsp3) is 0.471. The molecule has 0 spiro atoms. The largest absolute Gasteiger partial charge is 0.462 e. The molecule has 0 amide bonds. The van der Waals surface area contributed by atoms with Gasteiger partial charge in [0.15, 0.2) is 0 Å². The number of nitrogens with zero attached hydrogens (tertiary/aromatic N) is 1. The molecule has 4 nitrogen and oxygen atoms in total. The number of benzene rings is 1. The third kappa shape index (κ3) is 1.89. The predicted molar refractivity (Wildman–Crippen MR) is 80.4 cm³/mol. The second kappa shape index (κ2) is 4.88. The number of ether oxygens (including phenoxy) is 1. The number of nitrogens with two attached hydrogens (primary N) is 1. The molecule has 2 N–H and O–H groups in total. The lowest BCUT2D eigenvalue weighted by atomic mass is 9.90. The van der Waals surface area contributed by atoms with Crippen LogP contribution in [0.2, 0.25) is 0 Å². The van der Waals surface area contributed by atoms with Crippen LogP contribution in [0.4, 0.5) is 0 Å². The molecule has 2 heterocycles. The molecule has 2 aliphatic rings. The SMILES string of the molecule is CCOC(=O)c1ccc2c(c1)c1c3n2CC[NH2+]C3CCC1. The molecule has 4 rings (SSSR count). The fourth-order valence-electron chi connectivity index (χ4n) is 3.98. The Morgan fingerprint density at radius 3 is 3.24 bits per heavy atom. The average Bonchev–Trinajstić information content (AvgIpc) is 2.84. The van der Waals surface area contributed by atoms with Gasteiger partial charge in [-0.15, -0.1) is 0 Å². The highest BCUT2D eigenvalue weighted by atomic mass is 16.5. The summed E-state index contributed by atoms with van der Waals surface area (Å²) in [7, 11) is 0. The van der Waals surface area contributed by atoms with Gasteiger partial charge < -0.3 is 14.6 Å². The summed E-state index contributed by atoms with van der Waals surface area (Å²) in [5.41, 5.74) is 4.93. The first-order valence-electron chi connectivity index (χ1n) is 7.95. The van der Waals surface area contributed by atoms with Gasteiger partial charge >= 0.3 is 5.97 Å². The topological polar surface area (TPSA) is 47.8 Å². The number of esters is 1. The van der Waals surface area contributed by atoms with Gasteiger partial charge in [-0.2, -0.15) is 0 Å². The standard InChI is InChI=1S/C17H20N2O2/c1-2-21-17(20)11-6-7-15-13(10-11)12-4-3-5-14-16(12)19(15)9-8-18-14/h6-7,10,14,18H,2-5,8-9H2,1H3/p+1. The first kappa shape index (κ1) is 12.9. The van der Waals surface area contributed by atoms with Crippen LogP contribution in [0.15, 0.2) is 18.2 Å². The Morgan fingerprint density at radius 1 is 1.48 bits per heavy atom. The van der Waals surface area contributed by atoms with Gasteiger partial charge in [-0.3, -0.25) is 0 Å². The van der Waals surface area contributed by atoms with E-state index in [4.69, 9.17) is 4.74 Å². The normalized spacial score (nSPS) is 20.3. The van der Waals surface area contributed by atoms with Crippen molar-refractivity contribution in [2.45, 2.75) is 38.8 Å². The average molecular weight is 285 g/mol. The zero-order valence-corrected chi connectivity index (χ0v) is 12.4. The van der Waals surface area contributed by atoms with Crippen LogP contribution in [0.5, 0.6) is 0 Å². The third-order valence-corrected chi connectivity index (χ3v) is 4.82. The van der Waals surface area contributed by atoms with E-state index in [0.717, 1.165) is 19.5 Å². The molecule has 2 aromatic rings. The van der Waals surface area contributed by atoms with Gasteiger partial charge in [0.05, 0.1) is 31.0 Å². The lowest BCUT2D eigenvalue weighted by Crippen LogP contribution is -2.88. The summed E-state index contributed by atoms with van der Waals surface area (Å²) in [6, 6.07) is 6.65. The molecule has 1 atom stereocenters. The summed E-state index contributed by atoms with van der Waals surface area (Å²) >= 11 is 0. The summed E-state index contributed by atoms with van der Waals surface area (Å²) in [5, 5.41) is 3.74. The highest BCUT2D eigenvalue weighted by Gasteiger charge is 2.32. The lowest BCUT2D eigenvalue weighted by Gasteiger charge is -2.27. The Hall–Kier alpha value is -1.81. The van der Waals surface area contributed by atoms with E-state index in [1.165, 1.54) is 35.0 Å². The Bertz CT molecular complexity index is 715. The summed E-state index contributed by atoms with van der Waals surface area (Å²) in [6.45, 7) is 4.49. The van der Waals surface area contributed by atoms with Gasteiger partial charge in [-0.1, -0.05) is 0 Å². The van der Waals surface area contributed by atoms with E-state index in [9.17, 15) is 4.79 Å². The molecule has 1 aromatic carbocycles. The van der Waals surface area contributed by atoms with Crippen LogP contribution in [0.1, 0.15) is 47.4 Å². The second-order valence-electron chi connectivity index (χ2n) is 5.99. The van der Waals surface area contributed by atoms with Gasteiger partial charge in [-0.25, -0.2) is 4.79 Å². The summed E-state index contributed by atoms with van der Waals surface area (Å²) in [4.78, 5) is 12.0. The highest BCUT2D eigenvalue weighted by Crippen LogP contribution is 2.37. The maximum atomic E-state index is 12.0. The number of fused-ring (bicyclic) bond motifs is 3. The van der Waals surface area contributed by atoms with Crippen LogP contribution < -0.4 is 5.32 Å². The van der Waals surface area contributed by atoms with E-state index in [1.54, 1.807) is 0 Å². The molecule has 0 radical (unpaired) electrons.